The standard InChI is InChI=1S/C17H34N2O/c1-7-8-13(9-15-12-20-15)18-14-10-16(2,3)19(6)17(4,5)11-14/h13-15,18H,7-12H2,1-6H3. The van der Waals surface area contributed by atoms with Gasteiger partial charge in [0.1, 0.15) is 0 Å². The summed E-state index contributed by atoms with van der Waals surface area (Å²) in [5.41, 5.74) is 0.540. The molecule has 2 aliphatic rings. The fourth-order valence-electron chi connectivity index (χ4n) is 3.96. The second-order valence-electron chi connectivity index (χ2n) is 8.13. The number of ether oxygens (including phenoxy) is 1. The summed E-state index contributed by atoms with van der Waals surface area (Å²) >= 11 is 0. The first-order valence-corrected chi connectivity index (χ1v) is 8.36. The smallest absolute Gasteiger partial charge is 0.0824 e. The second-order valence-corrected chi connectivity index (χ2v) is 8.13. The minimum absolute atomic E-state index is 0.270. The first-order chi connectivity index (χ1) is 9.24. The van der Waals surface area contributed by atoms with Crippen LogP contribution in [0, 0.1) is 0 Å². The third-order valence-electron chi connectivity index (χ3n) is 5.37. The molecular formula is C17H34N2O. The van der Waals surface area contributed by atoms with Gasteiger partial charge < -0.3 is 10.1 Å². The van der Waals surface area contributed by atoms with Gasteiger partial charge in [0.15, 0.2) is 0 Å². The van der Waals surface area contributed by atoms with Crippen molar-refractivity contribution in [2.45, 2.75) is 96.0 Å². The molecule has 1 N–H and O–H groups in total. The summed E-state index contributed by atoms with van der Waals surface area (Å²) < 4.78 is 5.43. The van der Waals surface area contributed by atoms with E-state index >= 15 is 0 Å². The van der Waals surface area contributed by atoms with E-state index in [2.05, 4.69) is 51.9 Å². The van der Waals surface area contributed by atoms with Crippen LogP contribution in [0.15, 0.2) is 0 Å². The molecule has 0 aromatic heterocycles. The van der Waals surface area contributed by atoms with Gasteiger partial charge in [-0.3, -0.25) is 4.90 Å². The highest BCUT2D eigenvalue weighted by atomic mass is 16.6. The molecular weight excluding hydrogens is 248 g/mol. The minimum atomic E-state index is 0.270. The zero-order chi connectivity index (χ0) is 15.0. The lowest BCUT2D eigenvalue weighted by Gasteiger charge is -2.54. The van der Waals surface area contributed by atoms with Crippen molar-refractivity contribution in [3.05, 3.63) is 0 Å². The van der Waals surface area contributed by atoms with E-state index in [4.69, 9.17) is 4.74 Å². The zero-order valence-corrected chi connectivity index (χ0v) is 14.3. The molecule has 0 bridgehead atoms. The summed E-state index contributed by atoms with van der Waals surface area (Å²) in [7, 11) is 2.28. The lowest BCUT2D eigenvalue weighted by molar-refractivity contribution is -0.0205. The monoisotopic (exact) mass is 282 g/mol. The Morgan fingerprint density at radius 2 is 1.75 bits per heavy atom. The van der Waals surface area contributed by atoms with E-state index in [1.807, 2.05) is 0 Å². The van der Waals surface area contributed by atoms with Gasteiger partial charge >= 0.3 is 0 Å². The molecule has 3 heteroatoms. The van der Waals surface area contributed by atoms with Gasteiger partial charge in [-0.1, -0.05) is 13.3 Å². The molecule has 0 aromatic carbocycles. The molecule has 3 nitrogen and oxygen atoms in total. The van der Waals surface area contributed by atoms with E-state index in [0.29, 0.717) is 18.2 Å². The highest BCUT2D eigenvalue weighted by Gasteiger charge is 2.43. The number of hydrogen-bond donors (Lipinski definition) is 1. The molecule has 0 aromatic rings. The van der Waals surface area contributed by atoms with Gasteiger partial charge in [0.25, 0.3) is 0 Å². The predicted molar refractivity (Wildman–Crippen MR) is 85.1 cm³/mol. The average Bonchev–Trinajstić information content (AvgIpc) is 3.09. The normalized spacial score (nSPS) is 31.2. The topological polar surface area (TPSA) is 27.8 Å². The SMILES string of the molecule is CCCC(CC1CO1)NC1CC(C)(C)N(C)C(C)(C)C1. The van der Waals surface area contributed by atoms with Crippen molar-refractivity contribution in [2.75, 3.05) is 13.7 Å². The second kappa shape index (κ2) is 5.94. The van der Waals surface area contributed by atoms with Crippen molar-refractivity contribution in [2.24, 2.45) is 0 Å². The van der Waals surface area contributed by atoms with Gasteiger partial charge in [-0.15, -0.1) is 0 Å². The van der Waals surface area contributed by atoms with Crippen molar-refractivity contribution >= 4 is 0 Å². The van der Waals surface area contributed by atoms with Crippen LogP contribution >= 0.6 is 0 Å². The van der Waals surface area contributed by atoms with Gasteiger partial charge in [0, 0.05) is 23.2 Å². The molecule has 2 aliphatic heterocycles. The Hall–Kier alpha value is -0.120. The number of nitrogens with zero attached hydrogens (tertiary/aromatic N) is 1. The highest BCUT2D eigenvalue weighted by molar-refractivity contribution is 5.01. The predicted octanol–water partition coefficient (Wildman–Crippen LogP) is 3.19. The van der Waals surface area contributed by atoms with Gasteiger partial charge in [-0.05, 0) is 60.4 Å². The number of rotatable bonds is 6. The molecule has 0 spiro atoms. The quantitative estimate of drug-likeness (QED) is 0.758. The maximum absolute atomic E-state index is 5.43. The third kappa shape index (κ3) is 3.96. The molecule has 2 atom stereocenters. The molecule has 20 heavy (non-hydrogen) atoms. The maximum Gasteiger partial charge on any atom is 0.0824 e. The van der Waals surface area contributed by atoms with Crippen LogP contribution < -0.4 is 5.32 Å². The molecule has 2 unspecified atom stereocenters. The Bertz CT molecular complexity index is 305. The lowest BCUT2D eigenvalue weighted by atomic mass is 9.77. The molecule has 2 heterocycles. The molecule has 0 amide bonds. The van der Waals surface area contributed by atoms with E-state index in [1.165, 1.54) is 32.1 Å². The van der Waals surface area contributed by atoms with Crippen LogP contribution in [-0.4, -0.2) is 47.8 Å². The van der Waals surface area contributed by atoms with E-state index < -0.39 is 0 Å². The zero-order valence-electron chi connectivity index (χ0n) is 14.3. The van der Waals surface area contributed by atoms with Crippen molar-refractivity contribution in [3.63, 3.8) is 0 Å². The number of hydrogen-bond acceptors (Lipinski definition) is 3. The molecule has 0 radical (unpaired) electrons. The van der Waals surface area contributed by atoms with Crippen LogP contribution in [-0.2, 0) is 4.74 Å². The Morgan fingerprint density at radius 1 is 1.20 bits per heavy atom. The van der Waals surface area contributed by atoms with Gasteiger partial charge in [-0.25, -0.2) is 0 Å². The Kier molecular flexibility index (Phi) is 4.83. The Morgan fingerprint density at radius 3 is 2.20 bits per heavy atom. The summed E-state index contributed by atoms with van der Waals surface area (Å²) in [5, 5.41) is 3.95. The number of likely N-dealkylation sites (tertiary alicyclic amines) is 1. The summed E-state index contributed by atoms with van der Waals surface area (Å²) in [6, 6.07) is 1.26. The largest absolute Gasteiger partial charge is 0.373 e. The van der Waals surface area contributed by atoms with Crippen LogP contribution in [0.25, 0.3) is 0 Å². The average molecular weight is 282 g/mol. The summed E-state index contributed by atoms with van der Waals surface area (Å²) in [4.78, 5) is 2.55. The van der Waals surface area contributed by atoms with E-state index in [0.717, 1.165) is 6.61 Å². The van der Waals surface area contributed by atoms with Crippen molar-refractivity contribution in [3.8, 4) is 0 Å². The molecule has 118 valence electrons. The van der Waals surface area contributed by atoms with Crippen LogP contribution in [0.5, 0.6) is 0 Å². The van der Waals surface area contributed by atoms with Gasteiger partial charge in [0.2, 0.25) is 0 Å². The molecule has 2 fully saturated rings. The highest BCUT2D eigenvalue weighted by Crippen LogP contribution is 2.37. The molecule has 2 rings (SSSR count). The Balaban J connectivity index is 1.96. The number of piperidine rings is 1. The first kappa shape index (κ1) is 16.3. The lowest BCUT2D eigenvalue weighted by Crippen LogP contribution is -2.63. The van der Waals surface area contributed by atoms with E-state index in [9.17, 15) is 0 Å². The van der Waals surface area contributed by atoms with Crippen molar-refractivity contribution < 1.29 is 4.74 Å². The molecule has 0 aliphatic carbocycles. The van der Waals surface area contributed by atoms with Crippen LogP contribution in [0.4, 0.5) is 0 Å². The van der Waals surface area contributed by atoms with Crippen LogP contribution in [0.2, 0.25) is 0 Å². The van der Waals surface area contributed by atoms with Crippen LogP contribution in [0.3, 0.4) is 0 Å². The van der Waals surface area contributed by atoms with Crippen LogP contribution in [0.1, 0.15) is 66.7 Å². The molecule has 0 saturated carbocycles. The third-order valence-corrected chi connectivity index (χ3v) is 5.37. The molecule has 2 saturated heterocycles. The van der Waals surface area contributed by atoms with Crippen molar-refractivity contribution in [1.29, 1.82) is 0 Å². The number of nitrogens with one attached hydrogen (secondary N) is 1. The van der Waals surface area contributed by atoms with E-state index in [1.54, 1.807) is 0 Å². The summed E-state index contributed by atoms with van der Waals surface area (Å²) in [6.45, 7) is 12.8. The van der Waals surface area contributed by atoms with Crippen molar-refractivity contribution in [1.82, 2.24) is 10.2 Å². The van der Waals surface area contributed by atoms with Gasteiger partial charge in [0.05, 0.1) is 12.7 Å². The summed E-state index contributed by atoms with van der Waals surface area (Å²) in [5.74, 6) is 0. The maximum atomic E-state index is 5.43. The fraction of sp³-hybridized carbons (Fsp3) is 1.00. The minimum Gasteiger partial charge on any atom is -0.373 e. The first-order valence-electron chi connectivity index (χ1n) is 8.36. The fourth-order valence-corrected chi connectivity index (χ4v) is 3.96. The number of epoxide rings is 1. The van der Waals surface area contributed by atoms with E-state index in [-0.39, 0.29) is 11.1 Å². The van der Waals surface area contributed by atoms with Gasteiger partial charge in [-0.2, -0.15) is 0 Å². The summed E-state index contributed by atoms with van der Waals surface area (Å²) in [6.07, 6.45) is 6.72. The Labute approximate surface area is 125 Å².